The second-order valence-electron chi connectivity index (χ2n) is 7.92. The Morgan fingerprint density at radius 3 is 2.36 bits per heavy atom. The van der Waals surface area contributed by atoms with Gasteiger partial charge in [0.2, 0.25) is 15.9 Å². The summed E-state index contributed by atoms with van der Waals surface area (Å²) in [5, 5.41) is 3.17. The molecule has 3 rings (SSSR count). The first kappa shape index (κ1) is 21.1. The van der Waals surface area contributed by atoms with Crippen molar-refractivity contribution in [2.45, 2.75) is 43.5 Å². The maximum atomic E-state index is 13.1. The van der Waals surface area contributed by atoms with Gasteiger partial charge in [0, 0.05) is 25.0 Å². The number of aryl methyl sites for hydroxylation is 1. The minimum atomic E-state index is -3.64. The summed E-state index contributed by atoms with van der Waals surface area (Å²) in [7, 11) is -0.0685. The second-order valence-corrected chi connectivity index (χ2v) is 9.83. The van der Waals surface area contributed by atoms with E-state index >= 15 is 0 Å². The zero-order valence-corrected chi connectivity index (χ0v) is 17.8. The van der Waals surface area contributed by atoms with Crippen LogP contribution in [0.4, 0.5) is 0 Å². The summed E-state index contributed by atoms with van der Waals surface area (Å²) < 4.78 is 32.9. The van der Waals surface area contributed by atoms with Crippen molar-refractivity contribution in [2.75, 3.05) is 40.3 Å². The Bertz CT molecular complexity index is 796. The Balaban J connectivity index is 1.60. The lowest BCUT2D eigenvalue weighted by Crippen LogP contribution is -2.48. The fourth-order valence-corrected chi connectivity index (χ4v) is 5.67. The first-order valence-corrected chi connectivity index (χ1v) is 11.4. The third kappa shape index (κ3) is 4.67. The number of nitrogens with one attached hydrogen (secondary N) is 1. The standard InChI is InChI=1S/C20H31N3O4S/c1-15-4-5-18(27-3)19(14-15)28(25,26)23-12-6-16(7-13-23)20(24)21-17-8-10-22(2)11-9-17/h4-5,14,16-17H,6-13H2,1-3H3,(H,21,24). The summed E-state index contributed by atoms with van der Waals surface area (Å²) >= 11 is 0. The number of carbonyl (C=O) groups is 1. The van der Waals surface area contributed by atoms with Gasteiger partial charge in [-0.2, -0.15) is 4.31 Å². The van der Waals surface area contributed by atoms with E-state index in [1.54, 1.807) is 12.1 Å². The molecule has 0 aliphatic carbocycles. The van der Waals surface area contributed by atoms with Gasteiger partial charge < -0.3 is 15.0 Å². The van der Waals surface area contributed by atoms with Gasteiger partial charge in [-0.3, -0.25) is 4.79 Å². The third-order valence-corrected chi connectivity index (χ3v) is 7.75. The lowest BCUT2D eigenvalue weighted by Gasteiger charge is -2.33. The Labute approximate surface area is 168 Å². The van der Waals surface area contributed by atoms with Crippen LogP contribution in [-0.4, -0.2) is 69.9 Å². The van der Waals surface area contributed by atoms with Crippen molar-refractivity contribution in [2.24, 2.45) is 5.92 Å². The Hall–Kier alpha value is -1.64. The van der Waals surface area contributed by atoms with Gasteiger partial charge >= 0.3 is 0 Å². The van der Waals surface area contributed by atoms with Crippen LogP contribution in [0.15, 0.2) is 23.1 Å². The van der Waals surface area contributed by atoms with E-state index in [0.29, 0.717) is 31.7 Å². The highest BCUT2D eigenvalue weighted by Gasteiger charge is 2.34. The molecule has 1 amide bonds. The molecule has 2 aliphatic rings. The summed E-state index contributed by atoms with van der Waals surface area (Å²) in [5.41, 5.74) is 0.867. The molecule has 1 aromatic carbocycles. The molecule has 2 aliphatic heterocycles. The number of benzene rings is 1. The number of rotatable bonds is 5. The number of likely N-dealkylation sites (tertiary alicyclic amines) is 1. The summed E-state index contributed by atoms with van der Waals surface area (Å²) in [5.74, 6) is 0.304. The molecule has 2 saturated heterocycles. The van der Waals surface area contributed by atoms with Crippen molar-refractivity contribution in [3.8, 4) is 5.75 Å². The average Bonchev–Trinajstić information content (AvgIpc) is 2.69. The number of carbonyl (C=O) groups excluding carboxylic acids is 1. The van der Waals surface area contributed by atoms with Gasteiger partial charge in [0.1, 0.15) is 10.6 Å². The molecular weight excluding hydrogens is 378 g/mol. The first-order chi connectivity index (χ1) is 13.3. The number of piperidine rings is 2. The summed E-state index contributed by atoms with van der Waals surface area (Å²) in [4.78, 5) is 15.1. The number of nitrogens with zero attached hydrogens (tertiary/aromatic N) is 2. The minimum absolute atomic E-state index is 0.0692. The molecule has 0 atom stereocenters. The van der Waals surface area contributed by atoms with Crippen molar-refractivity contribution < 1.29 is 17.9 Å². The predicted molar refractivity (Wildman–Crippen MR) is 108 cm³/mol. The highest BCUT2D eigenvalue weighted by Crippen LogP contribution is 2.30. The van der Waals surface area contributed by atoms with Crippen molar-refractivity contribution in [3.05, 3.63) is 23.8 Å². The molecule has 0 radical (unpaired) electrons. The molecule has 28 heavy (non-hydrogen) atoms. The van der Waals surface area contributed by atoms with Crippen LogP contribution >= 0.6 is 0 Å². The zero-order valence-electron chi connectivity index (χ0n) is 17.0. The Kier molecular flexibility index (Phi) is 6.62. The van der Waals surface area contributed by atoms with Crippen molar-refractivity contribution in [1.82, 2.24) is 14.5 Å². The average molecular weight is 410 g/mol. The van der Waals surface area contributed by atoms with E-state index in [-0.39, 0.29) is 22.8 Å². The van der Waals surface area contributed by atoms with Gasteiger partial charge in [-0.15, -0.1) is 0 Å². The number of methoxy groups -OCH3 is 1. The van der Waals surface area contributed by atoms with Crippen LogP contribution in [0.5, 0.6) is 5.75 Å². The highest BCUT2D eigenvalue weighted by molar-refractivity contribution is 7.89. The number of sulfonamides is 1. The molecule has 8 heteroatoms. The molecule has 0 spiro atoms. The maximum absolute atomic E-state index is 13.1. The highest BCUT2D eigenvalue weighted by atomic mass is 32.2. The summed E-state index contributed by atoms with van der Waals surface area (Å²) in [6.07, 6.45) is 3.04. The maximum Gasteiger partial charge on any atom is 0.246 e. The van der Waals surface area contributed by atoms with Crippen molar-refractivity contribution >= 4 is 15.9 Å². The molecule has 1 aromatic rings. The van der Waals surface area contributed by atoms with Gasteiger partial charge in [0.15, 0.2) is 0 Å². The zero-order chi connectivity index (χ0) is 20.3. The van der Waals surface area contributed by atoms with E-state index in [4.69, 9.17) is 4.74 Å². The van der Waals surface area contributed by atoms with Crippen LogP contribution in [0, 0.1) is 12.8 Å². The van der Waals surface area contributed by atoms with Crippen LogP contribution in [0.3, 0.4) is 0 Å². The number of amides is 1. The monoisotopic (exact) mass is 409 g/mol. The third-order valence-electron chi connectivity index (χ3n) is 5.83. The minimum Gasteiger partial charge on any atom is -0.495 e. The van der Waals surface area contributed by atoms with Gasteiger partial charge in [-0.1, -0.05) is 6.07 Å². The van der Waals surface area contributed by atoms with E-state index in [1.807, 2.05) is 13.0 Å². The van der Waals surface area contributed by atoms with Gasteiger partial charge in [0.05, 0.1) is 7.11 Å². The Morgan fingerprint density at radius 1 is 1.11 bits per heavy atom. The molecule has 0 saturated carbocycles. The number of hydrogen-bond acceptors (Lipinski definition) is 5. The molecule has 7 nitrogen and oxygen atoms in total. The second kappa shape index (κ2) is 8.80. The fourth-order valence-electron chi connectivity index (χ4n) is 3.95. The first-order valence-electron chi connectivity index (χ1n) is 9.95. The van der Waals surface area contributed by atoms with Gasteiger partial charge in [-0.25, -0.2) is 8.42 Å². The van der Waals surface area contributed by atoms with Crippen LogP contribution in [0.25, 0.3) is 0 Å². The van der Waals surface area contributed by atoms with Crippen LogP contribution in [0.1, 0.15) is 31.2 Å². The lowest BCUT2D eigenvalue weighted by molar-refractivity contribution is -0.127. The van der Waals surface area contributed by atoms with Gasteiger partial charge in [-0.05, 0) is 70.4 Å². The van der Waals surface area contributed by atoms with E-state index in [2.05, 4.69) is 17.3 Å². The topological polar surface area (TPSA) is 79.0 Å². The molecule has 0 unspecified atom stereocenters. The molecule has 0 aromatic heterocycles. The number of ether oxygens (including phenoxy) is 1. The molecule has 2 heterocycles. The number of hydrogen-bond donors (Lipinski definition) is 1. The lowest BCUT2D eigenvalue weighted by atomic mass is 9.96. The normalized spacial score (nSPS) is 20.8. The van der Waals surface area contributed by atoms with Crippen molar-refractivity contribution in [3.63, 3.8) is 0 Å². The fraction of sp³-hybridized carbons (Fsp3) is 0.650. The van der Waals surface area contributed by atoms with Crippen molar-refractivity contribution in [1.29, 1.82) is 0 Å². The van der Waals surface area contributed by atoms with Crippen LogP contribution in [-0.2, 0) is 14.8 Å². The van der Waals surface area contributed by atoms with E-state index in [9.17, 15) is 13.2 Å². The van der Waals surface area contributed by atoms with Gasteiger partial charge in [0.25, 0.3) is 0 Å². The van der Waals surface area contributed by atoms with Crippen LogP contribution < -0.4 is 10.1 Å². The predicted octanol–water partition coefficient (Wildman–Crippen LogP) is 1.61. The van der Waals surface area contributed by atoms with E-state index in [0.717, 1.165) is 31.5 Å². The summed E-state index contributed by atoms with van der Waals surface area (Å²) in [6.45, 7) is 4.56. The van der Waals surface area contributed by atoms with E-state index in [1.165, 1.54) is 11.4 Å². The SMILES string of the molecule is COc1ccc(C)cc1S(=O)(=O)N1CCC(C(=O)NC2CCN(C)CC2)CC1. The Morgan fingerprint density at radius 2 is 1.75 bits per heavy atom. The summed E-state index contributed by atoms with van der Waals surface area (Å²) in [6, 6.07) is 5.40. The van der Waals surface area contributed by atoms with Crippen LogP contribution in [0.2, 0.25) is 0 Å². The quantitative estimate of drug-likeness (QED) is 0.799. The van der Waals surface area contributed by atoms with E-state index < -0.39 is 10.0 Å². The molecule has 0 bridgehead atoms. The molecule has 156 valence electrons. The molecule has 2 fully saturated rings. The smallest absolute Gasteiger partial charge is 0.246 e. The molecular formula is C20H31N3O4S. The largest absolute Gasteiger partial charge is 0.495 e. The molecule has 1 N–H and O–H groups in total.